The van der Waals surface area contributed by atoms with Gasteiger partial charge in [0, 0.05) is 38.8 Å². The highest BCUT2D eigenvalue weighted by Gasteiger charge is 2.21. The van der Waals surface area contributed by atoms with Crippen molar-refractivity contribution in [2.24, 2.45) is 7.05 Å². The van der Waals surface area contributed by atoms with E-state index in [4.69, 9.17) is 0 Å². The van der Waals surface area contributed by atoms with Crippen LogP contribution in [0.3, 0.4) is 0 Å². The van der Waals surface area contributed by atoms with E-state index in [9.17, 15) is 22.8 Å². The van der Waals surface area contributed by atoms with Crippen molar-refractivity contribution in [1.82, 2.24) is 14.0 Å². The normalized spacial score (nSPS) is 14.0. The van der Waals surface area contributed by atoms with Crippen LogP contribution in [0.1, 0.15) is 31.7 Å². The van der Waals surface area contributed by atoms with Crippen molar-refractivity contribution in [3.05, 3.63) is 68.9 Å². The van der Waals surface area contributed by atoms with Crippen LogP contribution in [-0.4, -0.2) is 41.4 Å². The average molecular weight is 485 g/mol. The van der Waals surface area contributed by atoms with Gasteiger partial charge in [-0.2, -0.15) is 0 Å². The van der Waals surface area contributed by atoms with Gasteiger partial charge in [0.2, 0.25) is 5.91 Å². The summed E-state index contributed by atoms with van der Waals surface area (Å²) < 4.78 is 30.8. The van der Waals surface area contributed by atoms with Gasteiger partial charge >= 0.3 is 5.69 Å². The highest BCUT2D eigenvalue weighted by molar-refractivity contribution is 7.92. The fraction of sp³-hybridized carbons (Fsp3) is 0.375. The van der Waals surface area contributed by atoms with E-state index in [0.717, 1.165) is 29.4 Å². The Bertz CT molecular complexity index is 1450. The van der Waals surface area contributed by atoms with Gasteiger partial charge in [0.1, 0.15) is 0 Å². The first-order valence-electron chi connectivity index (χ1n) is 11.3. The zero-order chi connectivity index (χ0) is 24.5. The first-order chi connectivity index (χ1) is 16.2. The van der Waals surface area contributed by atoms with Gasteiger partial charge in [-0.05, 0) is 55.2 Å². The van der Waals surface area contributed by atoms with Crippen molar-refractivity contribution >= 4 is 32.5 Å². The van der Waals surface area contributed by atoms with E-state index < -0.39 is 21.3 Å². The number of hydrogen-bond acceptors (Lipinski definition) is 5. The molecule has 0 aliphatic carbocycles. The number of amides is 1. The van der Waals surface area contributed by atoms with Crippen LogP contribution < -0.4 is 16.0 Å². The largest absolute Gasteiger partial charge is 0.343 e. The van der Waals surface area contributed by atoms with Crippen molar-refractivity contribution in [1.29, 1.82) is 0 Å². The molecule has 1 aliphatic rings. The molecule has 2 aromatic carbocycles. The predicted molar refractivity (Wildman–Crippen MR) is 131 cm³/mol. The maximum absolute atomic E-state index is 13.2. The number of benzene rings is 2. The maximum Gasteiger partial charge on any atom is 0.331 e. The highest BCUT2D eigenvalue weighted by atomic mass is 32.2. The molecule has 1 aliphatic heterocycles. The maximum atomic E-state index is 13.2. The average Bonchev–Trinajstić information content (AvgIpc) is 3.37. The summed E-state index contributed by atoms with van der Waals surface area (Å²) in [5, 5.41) is 0.0972. The molecule has 0 unspecified atom stereocenters. The Labute approximate surface area is 197 Å². The van der Waals surface area contributed by atoms with Crippen LogP contribution in [-0.2, 0) is 34.8 Å². The SMILES string of the molecule is CCc1ccc(NS(=O)(=O)c2ccc3c(c2)c(=O)n(CCC(=O)N2CCCC2)c(=O)n3C)cc1. The summed E-state index contributed by atoms with van der Waals surface area (Å²) in [6.07, 6.45) is 2.79. The molecular formula is C24H28N4O5S. The number of likely N-dealkylation sites (tertiary alicyclic amines) is 1. The van der Waals surface area contributed by atoms with Crippen LogP contribution in [0.4, 0.5) is 5.69 Å². The smallest absolute Gasteiger partial charge is 0.331 e. The Kier molecular flexibility index (Phi) is 6.60. The minimum absolute atomic E-state index is 0.0357. The van der Waals surface area contributed by atoms with Gasteiger partial charge in [-0.15, -0.1) is 0 Å². The lowest BCUT2D eigenvalue weighted by atomic mass is 10.2. The molecule has 0 spiro atoms. The summed E-state index contributed by atoms with van der Waals surface area (Å²) in [5.74, 6) is -0.0961. The summed E-state index contributed by atoms with van der Waals surface area (Å²) in [4.78, 5) is 40.0. The van der Waals surface area contributed by atoms with Gasteiger partial charge in [-0.25, -0.2) is 13.2 Å². The third-order valence-electron chi connectivity index (χ3n) is 6.26. The molecule has 2 heterocycles. The lowest BCUT2D eigenvalue weighted by molar-refractivity contribution is -0.130. The summed E-state index contributed by atoms with van der Waals surface area (Å²) in [6, 6.07) is 11.2. The van der Waals surface area contributed by atoms with E-state index in [1.54, 1.807) is 17.0 Å². The lowest BCUT2D eigenvalue weighted by Gasteiger charge is -2.16. The zero-order valence-corrected chi connectivity index (χ0v) is 20.1. The summed E-state index contributed by atoms with van der Waals surface area (Å²) >= 11 is 0. The fourth-order valence-corrected chi connectivity index (χ4v) is 5.30. The number of aryl methyl sites for hydroxylation is 2. The number of nitrogens with zero attached hydrogens (tertiary/aromatic N) is 3. The monoisotopic (exact) mass is 484 g/mol. The number of fused-ring (bicyclic) bond motifs is 1. The van der Waals surface area contributed by atoms with Crippen LogP contribution >= 0.6 is 0 Å². The second kappa shape index (κ2) is 9.46. The minimum atomic E-state index is -3.96. The number of carbonyl (C=O) groups excluding carboxylic acids is 1. The quantitative estimate of drug-likeness (QED) is 0.552. The number of rotatable bonds is 7. The van der Waals surface area contributed by atoms with Crippen molar-refractivity contribution in [2.75, 3.05) is 17.8 Å². The highest BCUT2D eigenvalue weighted by Crippen LogP contribution is 2.20. The number of aromatic nitrogens is 2. The van der Waals surface area contributed by atoms with E-state index in [0.29, 0.717) is 24.3 Å². The molecule has 0 radical (unpaired) electrons. The van der Waals surface area contributed by atoms with Crippen molar-refractivity contribution in [2.45, 2.75) is 44.0 Å². The third-order valence-corrected chi connectivity index (χ3v) is 7.63. The van der Waals surface area contributed by atoms with Crippen molar-refractivity contribution in [3.63, 3.8) is 0 Å². The van der Waals surface area contributed by atoms with E-state index in [2.05, 4.69) is 4.72 Å². The molecule has 9 nitrogen and oxygen atoms in total. The van der Waals surface area contributed by atoms with Gasteiger partial charge in [0.25, 0.3) is 15.6 Å². The zero-order valence-electron chi connectivity index (χ0n) is 19.3. The molecule has 1 N–H and O–H groups in total. The molecule has 4 rings (SSSR count). The molecule has 180 valence electrons. The molecule has 3 aromatic rings. The topological polar surface area (TPSA) is 110 Å². The third kappa shape index (κ3) is 4.63. The Morgan fingerprint density at radius 1 is 1.03 bits per heavy atom. The first kappa shape index (κ1) is 23.7. The molecule has 1 saturated heterocycles. The summed E-state index contributed by atoms with van der Waals surface area (Å²) in [6.45, 7) is 3.34. The van der Waals surface area contributed by atoms with Gasteiger partial charge < -0.3 is 4.90 Å². The summed E-state index contributed by atoms with van der Waals surface area (Å²) in [5.41, 5.74) is 0.658. The Balaban J connectivity index is 1.67. The van der Waals surface area contributed by atoms with Gasteiger partial charge in [0.05, 0.1) is 15.8 Å². The molecule has 0 bridgehead atoms. The van der Waals surface area contributed by atoms with Gasteiger partial charge in [0.15, 0.2) is 0 Å². The van der Waals surface area contributed by atoms with Crippen LogP contribution in [0.5, 0.6) is 0 Å². The number of hydrogen-bond donors (Lipinski definition) is 1. The summed E-state index contributed by atoms with van der Waals surface area (Å²) in [7, 11) is -2.44. The van der Waals surface area contributed by atoms with E-state index >= 15 is 0 Å². The van der Waals surface area contributed by atoms with E-state index in [1.165, 1.54) is 29.8 Å². The van der Waals surface area contributed by atoms with E-state index in [1.807, 2.05) is 19.1 Å². The second-order valence-corrected chi connectivity index (χ2v) is 10.2. The van der Waals surface area contributed by atoms with Crippen LogP contribution in [0, 0.1) is 0 Å². The van der Waals surface area contributed by atoms with Crippen LogP contribution in [0.25, 0.3) is 10.9 Å². The molecule has 1 fully saturated rings. The molecular weight excluding hydrogens is 456 g/mol. The standard InChI is InChI=1S/C24H28N4O5S/c1-3-17-6-8-18(9-7-17)25-34(32,33)19-10-11-21-20(16-19)23(30)28(24(31)26(21)2)15-12-22(29)27-13-4-5-14-27/h6-11,16,25H,3-5,12-15H2,1-2H3. The lowest BCUT2D eigenvalue weighted by Crippen LogP contribution is -2.40. The van der Waals surface area contributed by atoms with Gasteiger partial charge in [-0.3, -0.25) is 23.4 Å². The number of nitrogens with one attached hydrogen (secondary N) is 1. The minimum Gasteiger partial charge on any atom is -0.343 e. The molecule has 0 saturated carbocycles. The molecule has 1 aromatic heterocycles. The number of sulfonamides is 1. The molecule has 1 amide bonds. The van der Waals surface area contributed by atoms with Crippen molar-refractivity contribution < 1.29 is 13.2 Å². The van der Waals surface area contributed by atoms with Crippen molar-refractivity contribution in [3.8, 4) is 0 Å². The Hall–Kier alpha value is -3.40. The second-order valence-electron chi connectivity index (χ2n) is 8.47. The molecule has 0 atom stereocenters. The first-order valence-corrected chi connectivity index (χ1v) is 12.8. The van der Waals surface area contributed by atoms with Crippen LogP contribution in [0.2, 0.25) is 0 Å². The fourth-order valence-electron chi connectivity index (χ4n) is 4.21. The molecule has 10 heteroatoms. The molecule has 34 heavy (non-hydrogen) atoms. The predicted octanol–water partition coefficient (Wildman–Crippen LogP) is 2.08. The van der Waals surface area contributed by atoms with Crippen LogP contribution in [0.15, 0.2) is 56.9 Å². The van der Waals surface area contributed by atoms with Gasteiger partial charge in [-0.1, -0.05) is 19.1 Å². The Morgan fingerprint density at radius 3 is 2.35 bits per heavy atom. The Morgan fingerprint density at radius 2 is 1.71 bits per heavy atom. The number of anilines is 1. The number of carbonyl (C=O) groups is 1. The van der Waals surface area contributed by atoms with E-state index in [-0.39, 0.29) is 29.2 Å².